The average Bonchev–Trinajstić information content (AvgIpc) is 2.66. The first-order valence-electron chi connectivity index (χ1n) is 9.36. The first-order chi connectivity index (χ1) is 12.5. The molecule has 2 atom stereocenters. The lowest BCUT2D eigenvalue weighted by atomic mass is 10.1. The van der Waals surface area contributed by atoms with Gasteiger partial charge in [0.25, 0.3) is 0 Å². The fourth-order valence-electron chi connectivity index (χ4n) is 3.27. The quantitative estimate of drug-likeness (QED) is 0.724. The molecule has 26 heavy (non-hydrogen) atoms. The lowest BCUT2D eigenvalue weighted by Crippen LogP contribution is -2.45. The predicted octanol–water partition coefficient (Wildman–Crippen LogP) is 4.64. The standard InChI is InChI=1S/C21H29N3OS/c1-15(24-12-4-3-5-13-24)16(2)25-17-6-8-18(9-7-17)26-19-10-11-20(22)21(23)14-19/h6-11,14-16H,3-5,12-13,22-23H2,1-2H3. The van der Waals surface area contributed by atoms with E-state index in [1.54, 1.807) is 11.8 Å². The summed E-state index contributed by atoms with van der Waals surface area (Å²) in [5, 5.41) is 0. The van der Waals surface area contributed by atoms with Gasteiger partial charge in [0.15, 0.2) is 0 Å². The minimum Gasteiger partial charge on any atom is -0.489 e. The number of benzene rings is 2. The van der Waals surface area contributed by atoms with Crippen LogP contribution in [-0.4, -0.2) is 30.1 Å². The van der Waals surface area contributed by atoms with Crippen molar-refractivity contribution in [2.45, 2.75) is 55.0 Å². The number of ether oxygens (including phenoxy) is 1. The number of hydrogen-bond acceptors (Lipinski definition) is 5. The maximum absolute atomic E-state index is 6.18. The van der Waals surface area contributed by atoms with Crippen molar-refractivity contribution in [1.82, 2.24) is 4.90 Å². The van der Waals surface area contributed by atoms with Gasteiger partial charge in [-0.1, -0.05) is 18.2 Å². The Bertz CT molecular complexity index is 714. The lowest BCUT2D eigenvalue weighted by molar-refractivity contribution is 0.0739. The SMILES string of the molecule is CC(Oc1ccc(Sc2ccc(N)c(N)c2)cc1)C(C)N1CCCCC1. The molecule has 0 amide bonds. The van der Waals surface area contributed by atoms with E-state index in [9.17, 15) is 0 Å². The topological polar surface area (TPSA) is 64.5 Å². The molecular weight excluding hydrogens is 342 g/mol. The van der Waals surface area contributed by atoms with Crippen molar-refractivity contribution in [3.63, 3.8) is 0 Å². The van der Waals surface area contributed by atoms with Gasteiger partial charge in [-0.15, -0.1) is 0 Å². The van der Waals surface area contributed by atoms with Crippen molar-refractivity contribution in [3.05, 3.63) is 42.5 Å². The molecule has 1 aliphatic heterocycles. The zero-order valence-electron chi connectivity index (χ0n) is 15.7. The molecule has 4 N–H and O–H groups in total. The molecule has 5 heteroatoms. The van der Waals surface area contributed by atoms with Gasteiger partial charge in [-0.25, -0.2) is 0 Å². The van der Waals surface area contributed by atoms with Crippen LogP contribution in [-0.2, 0) is 0 Å². The van der Waals surface area contributed by atoms with Gasteiger partial charge in [-0.3, -0.25) is 4.90 Å². The van der Waals surface area contributed by atoms with Crippen LogP contribution in [0.3, 0.4) is 0 Å². The monoisotopic (exact) mass is 371 g/mol. The normalized spacial score (nSPS) is 17.6. The molecule has 0 spiro atoms. The molecule has 1 fully saturated rings. The van der Waals surface area contributed by atoms with E-state index in [1.165, 1.54) is 32.4 Å². The molecule has 1 aliphatic rings. The molecule has 0 radical (unpaired) electrons. The van der Waals surface area contributed by atoms with Crippen LogP contribution in [0.15, 0.2) is 52.3 Å². The largest absolute Gasteiger partial charge is 0.489 e. The van der Waals surface area contributed by atoms with Crippen LogP contribution in [0.25, 0.3) is 0 Å². The van der Waals surface area contributed by atoms with E-state index < -0.39 is 0 Å². The Labute approximate surface area is 160 Å². The van der Waals surface area contributed by atoms with E-state index in [0.717, 1.165) is 15.5 Å². The number of hydrogen-bond donors (Lipinski definition) is 2. The minimum atomic E-state index is 0.170. The maximum Gasteiger partial charge on any atom is 0.119 e. The van der Waals surface area contributed by atoms with Gasteiger partial charge >= 0.3 is 0 Å². The Balaban J connectivity index is 1.57. The molecule has 0 aromatic heterocycles. The number of piperidine rings is 1. The Morgan fingerprint density at radius 3 is 2.19 bits per heavy atom. The number of nitrogens with two attached hydrogens (primary N) is 2. The molecule has 1 heterocycles. The molecule has 0 saturated carbocycles. The highest BCUT2D eigenvalue weighted by Gasteiger charge is 2.22. The van der Waals surface area contributed by atoms with Gasteiger partial charge in [0.1, 0.15) is 11.9 Å². The Morgan fingerprint density at radius 2 is 1.54 bits per heavy atom. The molecule has 3 rings (SSSR count). The fraction of sp³-hybridized carbons (Fsp3) is 0.429. The Morgan fingerprint density at radius 1 is 0.885 bits per heavy atom. The second-order valence-corrected chi connectivity index (χ2v) is 8.17. The van der Waals surface area contributed by atoms with Crippen LogP contribution in [0.2, 0.25) is 0 Å². The van der Waals surface area contributed by atoms with Crippen LogP contribution < -0.4 is 16.2 Å². The van der Waals surface area contributed by atoms with Gasteiger partial charge < -0.3 is 16.2 Å². The maximum atomic E-state index is 6.18. The summed E-state index contributed by atoms with van der Waals surface area (Å²) in [5.74, 6) is 0.919. The minimum absolute atomic E-state index is 0.170. The summed E-state index contributed by atoms with van der Waals surface area (Å²) in [5.41, 5.74) is 12.9. The summed E-state index contributed by atoms with van der Waals surface area (Å²) in [6.07, 6.45) is 4.14. The zero-order chi connectivity index (χ0) is 18.5. The molecule has 1 saturated heterocycles. The van der Waals surface area contributed by atoms with Crippen LogP contribution in [0.4, 0.5) is 11.4 Å². The molecule has 0 bridgehead atoms. The molecule has 4 nitrogen and oxygen atoms in total. The van der Waals surface area contributed by atoms with Crippen LogP contribution in [0.5, 0.6) is 5.75 Å². The van der Waals surface area contributed by atoms with Crippen molar-refractivity contribution in [2.75, 3.05) is 24.6 Å². The van der Waals surface area contributed by atoms with Crippen molar-refractivity contribution >= 4 is 23.1 Å². The van der Waals surface area contributed by atoms with Gasteiger partial charge in [0.2, 0.25) is 0 Å². The molecule has 0 aliphatic carbocycles. The first-order valence-corrected chi connectivity index (χ1v) is 10.2. The third-order valence-corrected chi connectivity index (χ3v) is 6.08. The van der Waals surface area contributed by atoms with Crippen LogP contribution in [0, 0.1) is 0 Å². The summed E-state index contributed by atoms with van der Waals surface area (Å²) in [4.78, 5) is 4.78. The van der Waals surface area contributed by atoms with Crippen molar-refractivity contribution < 1.29 is 4.74 Å². The second-order valence-electron chi connectivity index (χ2n) is 7.02. The van der Waals surface area contributed by atoms with Gasteiger partial charge in [-0.05, 0) is 82.2 Å². The van der Waals surface area contributed by atoms with Crippen LogP contribution in [0.1, 0.15) is 33.1 Å². The van der Waals surface area contributed by atoms with Crippen molar-refractivity contribution in [1.29, 1.82) is 0 Å². The molecule has 140 valence electrons. The molecular formula is C21H29N3OS. The first kappa shape index (κ1) is 18.9. The number of nitrogens with zero attached hydrogens (tertiary/aromatic N) is 1. The van der Waals surface area contributed by atoms with Crippen molar-refractivity contribution in [2.24, 2.45) is 0 Å². The summed E-state index contributed by atoms with van der Waals surface area (Å²) in [7, 11) is 0. The smallest absolute Gasteiger partial charge is 0.119 e. The summed E-state index contributed by atoms with van der Waals surface area (Å²) < 4.78 is 6.18. The Kier molecular flexibility index (Phi) is 6.33. The zero-order valence-corrected chi connectivity index (χ0v) is 16.5. The van der Waals surface area contributed by atoms with E-state index >= 15 is 0 Å². The van der Waals surface area contributed by atoms with E-state index in [1.807, 2.05) is 30.3 Å². The lowest BCUT2D eigenvalue weighted by Gasteiger charge is -2.35. The third kappa shape index (κ3) is 4.86. The van der Waals surface area contributed by atoms with Gasteiger partial charge in [-0.2, -0.15) is 0 Å². The number of likely N-dealkylation sites (tertiary alicyclic amines) is 1. The summed E-state index contributed by atoms with van der Waals surface area (Å²) in [6, 6.07) is 14.4. The molecule has 2 aromatic rings. The number of nitrogen functional groups attached to an aromatic ring is 2. The molecule has 2 unspecified atom stereocenters. The van der Waals surface area contributed by atoms with E-state index in [0.29, 0.717) is 17.4 Å². The van der Waals surface area contributed by atoms with Crippen molar-refractivity contribution in [3.8, 4) is 5.75 Å². The van der Waals surface area contributed by atoms with E-state index in [4.69, 9.17) is 16.2 Å². The number of anilines is 2. The summed E-state index contributed by atoms with van der Waals surface area (Å²) >= 11 is 1.67. The fourth-order valence-corrected chi connectivity index (χ4v) is 4.14. The average molecular weight is 372 g/mol. The highest BCUT2D eigenvalue weighted by Crippen LogP contribution is 2.32. The van der Waals surface area contributed by atoms with Crippen LogP contribution >= 0.6 is 11.8 Å². The second kappa shape index (κ2) is 8.69. The van der Waals surface area contributed by atoms with E-state index in [-0.39, 0.29) is 6.10 Å². The molecule has 2 aromatic carbocycles. The Hall–Kier alpha value is -1.85. The van der Waals surface area contributed by atoms with E-state index in [2.05, 4.69) is 30.9 Å². The number of rotatable bonds is 6. The van der Waals surface area contributed by atoms with Gasteiger partial charge in [0.05, 0.1) is 11.4 Å². The summed E-state index contributed by atoms with van der Waals surface area (Å²) in [6.45, 7) is 6.81. The predicted molar refractivity (Wildman–Crippen MR) is 111 cm³/mol. The third-order valence-electron chi connectivity index (χ3n) is 5.09. The highest BCUT2D eigenvalue weighted by atomic mass is 32.2. The highest BCUT2D eigenvalue weighted by molar-refractivity contribution is 7.99. The van der Waals surface area contributed by atoms with Gasteiger partial charge in [0, 0.05) is 15.8 Å².